The van der Waals surface area contributed by atoms with Gasteiger partial charge in [0.1, 0.15) is 30.4 Å². The summed E-state index contributed by atoms with van der Waals surface area (Å²) in [4.78, 5) is 24.7. The molecule has 0 aliphatic rings. The van der Waals surface area contributed by atoms with Crippen LogP contribution in [-0.4, -0.2) is 41.9 Å². The molecule has 4 aromatic rings. The van der Waals surface area contributed by atoms with Gasteiger partial charge in [-0.05, 0) is 80.6 Å². The van der Waals surface area contributed by atoms with Crippen LogP contribution < -0.4 is 48.7 Å². The molecule has 2 heterocycles. The van der Waals surface area contributed by atoms with Crippen molar-refractivity contribution in [3.8, 4) is 11.5 Å². The van der Waals surface area contributed by atoms with Crippen molar-refractivity contribution in [3.63, 3.8) is 0 Å². The SMILES string of the molecule is CC(C)Oc1ccc(/C=C/c2cc[n+](CCCC(=O)CCCSSCCNC(=O)CCC[n+]3ccc(/C=C/c4ccc(OC(C)C)cc4)cc3)cc2)cc1.[Cl-].[Cl-]. The fourth-order valence-corrected chi connectivity index (χ4v) is 7.47. The van der Waals surface area contributed by atoms with Crippen LogP contribution in [0.4, 0.5) is 0 Å². The van der Waals surface area contributed by atoms with Crippen molar-refractivity contribution in [2.24, 2.45) is 0 Å². The van der Waals surface area contributed by atoms with E-state index in [1.165, 1.54) is 0 Å². The largest absolute Gasteiger partial charge is 1.00 e. The zero-order valence-corrected chi connectivity index (χ0v) is 36.2. The first-order valence-corrected chi connectivity index (χ1v) is 21.6. The lowest BCUT2D eigenvalue weighted by Gasteiger charge is -2.09. The monoisotopic (exact) mass is 837 g/mol. The molecule has 0 unspecified atom stereocenters. The molecule has 0 atom stereocenters. The van der Waals surface area contributed by atoms with Gasteiger partial charge in [-0.25, -0.2) is 9.13 Å². The maximum absolute atomic E-state index is 12.4. The summed E-state index contributed by atoms with van der Waals surface area (Å²) in [6.07, 6.45) is 21.3. The van der Waals surface area contributed by atoms with E-state index in [0.29, 0.717) is 31.6 Å². The first-order chi connectivity index (χ1) is 26.2. The van der Waals surface area contributed by atoms with Crippen molar-refractivity contribution in [2.75, 3.05) is 18.1 Å². The molecule has 0 spiro atoms. The van der Waals surface area contributed by atoms with Gasteiger partial charge in [0.2, 0.25) is 5.91 Å². The second-order valence-corrected chi connectivity index (χ2v) is 16.4. The van der Waals surface area contributed by atoms with Crippen LogP contribution in [-0.2, 0) is 22.7 Å². The molecule has 2 aromatic carbocycles. The molecule has 1 N–H and O–H groups in total. The van der Waals surface area contributed by atoms with Crippen LogP contribution in [0.3, 0.4) is 0 Å². The average molecular weight is 839 g/mol. The molecule has 0 aliphatic carbocycles. The smallest absolute Gasteiger partial charge is 0.220 e. The molecule has 302 valence electrons. The number of ether oxygens (including phenoxy) is 2. The molecule has 0 bridgehead atoms. The topological polar surface area (TPSA) is 72.4 Å². The minimum absolute atomic E-state index is 0. The third-order valence-corrected chi connectivity index (χ3v) is 10.7. The number of halogens is 2. The van der Waals surface area contributed by atoms with E-state index >= 15 is 0 Å². The Morgan fingerprint density at radius 2 is 0.964 bits per heavy atom. The zero-order valence-electron chi connectivity index (χ0n) is 33.1. The Morgan fingerprint density at radius 1 is 0.571 bits per heavy atom. The fraction of sp³-hybridized carbons (Fsp3) is 0.378. The number of benzene rings is 2. The first kappa shape index (κ1) is 48.4. The summed E-state index contributed by atoms with van der Waals surface area (Å²) in [7, 11) is 3.54. The molecule has 1 amide bonds. The van der Waals surface area contributed by atoms with Crippen LogP contribution >= 0.6 is 21.6 Å². The lowest BCUT2D eigenvalue weighted by molar-refractivity contribution is -0.697. The zero-order chi connectivity index (χ0) is 38.4. The number of ketones is 1. The summed E-state index contributed by atoms with van der Waals surface area (Å²) < 4.78 is 15.7. The fourth-order valence-electron chi connectivity index (χ4n) is 5.47. The summed E-state index contributed by atoms with van der Waals surface area (Å²) in [6.45, 7) is 10.4. The molecule has 2 aromatic heterocycles. The maximum atomic E-state index is 12.4. The van der Waals surface area contributed by atoms with Crippen LogP contribution in [0.15, 0.2) is 97.6 Å². The van der Waals surface area contributed by atoms with Gasteiger partial charge >= 0.3 is 0 Å². The Balaban J connectivity index is 0.00000541. The van der Waals surface area contributed by atoms with Gasteiger partial charge in [-0.15, -0.1) is 0 Å². The Hall–Kier alpha value is -3.76. The van der Waals surface area contributed by atoms with E-state index in [0.717, 1.165) is 77.6 Å². The van der Waals surface area contributed by atoms with Crippen molar-refractivity contribution < 1.29 is 53.0 Å². The highest BCUT2D eigenvalue weighted by atomic mass is 35.5. The number of rotatable bonds is 24. The Morgan fingerprint density at radius 3 is 1.41 bits per heavy atom. The first-order valence-electron chi connectivity index (χ1n) is 19.1. The molecule has 0 saturated heterocycles. The van der Waals surface area contributed by atoms with Gasteiger partial charge in [-0.2, -0.15) is 0 Å². The van der Waals surface area contributed by atoms with E-state index < -0.39 is 0 Å². The van der Waals surface area contributed by atoms with E-state index in [1.807, 2.05) is 52.0 Å². The van der Waals surface area contributed by atoms with E-state index in [4.69, 9.17) is 9.47 Å². The van der Waals surface area contributed by atoms with E-state index in [1.54, 1.807) is 21.6 Å². The molecular formula is C45H57Cl2N3O4S2. The Labute approximate surface area is 355 Å². The highest BCUT2D eigenvalue weighted by molar-refractivity contribution is 8.76. The standard InChI is InChI=1S/C45H56N3O4S2.2ClH/c1-36(2)51-43-19-15-38(16-20-43)11-13-40-23-30-47(31-24-40)28-5-8-42(49)9-7-34-53-54-35-27-46-45(50)10-6-29-48-32-25-41(26-33-48)14-12-39-17-21-44(22-18-39)52-37(3)4;;/h11-26,30-33,36-37H,5-10,27-29,34-35H2,1-4H3;2*1H/q+1;;/p-1/b13-11+,14-12+;;. The molecule has 0 fully saturated rings. The third-order valence-electron chi connectivity index (χ3n) is 8.24. The number of nitrogens with zero attached hydrogens (tertiary/aromatic N) is 2. The van der Waals surface area contributed by atoms with Crippen LogP contribution in [0.2, 0.25) is 0 Å². The van der Waals surface area contributed by atoms with E-state index in [-0.39, 0.29) is 42.9 Å². The van der Waals surface area contributed by atoms with Crippen molar-refractivity contribution in [2.45, 2.75) is 91.5 Å². The second-order valence-electron chi connectivity index (χ2n) is 13.7. The van der Waals surface area contributed by atoms with Gasteiger partial charge < -0.3 is 39.6 Å². The number of pyridine rings is 2. The molecule has 0 saturated carbocycles. The molecule has 0 aliphatic heterocycles. The lowest BCUT2D eigenvalue weighted by Crippen LogP contribution is -3.00. The minimum atomic E-state index is 0. The number of aromatic nitrogens is 2. The summed E-state index contributed by atoms with van der Waals surface area (Å²) in [6, 6.07) is 24.6. The summed E-state index contributed by atoms with van der Waals surface area (Å²) >= 11 is 0. The highest BCUT2D eigenvalue weighted by Crippen LogP contribution is 2.22. The van der Waals surface area contributed by atoms with Gasteiger partial charge in [0, 0.05) is 74.4 Å². The van der Waals surface area contributed by atoms with Crippen molar-refractivity contribution in [1.82, 2.24) is 5.32 Å². The number of hydrogen-bond donors (Lipinski definition) is 1. The average Bonchev–Trinajstić information content (AvgIpc) is 3.16. The summed E-state index contributed by atoms with van der Waals surface area (Å²) in [5, 5.41) is 3.03. The Bertz CT molecular complexity index is 1620. The van der Waals surface area contributed by atoms with Crippen LogP contribution in [0.25, 0.3) is 24.3 Å². The number of amides is 1. The number of aryl methyl sites for hydroxylation is 2. The number of carbonyl (C=O) groups excluding carboxylic acids is 2. The predicted molar refractivity (Wildman–Crippen MR) is 226 cm³/mol. The number of nitrogens with one attached hydrogen (secondary N) is 1. The maximum Gasteiger partial charge on any atom is 0.220 e. The quantitative estimate of drug-likeness (QED) is 0.0665. The second kappa shape index (κ2) is 27.8. The van der Waals surface area contributed by atoms with Gasteiger partial charge in [0.25, 0.3) is 0 Å². The van der Waals surface area contributed by atoms with E-state index in [9.17, 15) is 9.59 Å². The summed E-state index contributed by atoms with van der Waals surface area (Å²) in [5.41, 5.74) is 4.51. The van der Waals surface area contributed by atoms with Crippen LogP contribution in [0.1, 0.15) is 88.5 Å². The number of hydrogen-bond acceptors (Lipinski definition) is 6. The lowest BCUT2D eigenvalue weighted by atomic mass is 10.1. The molecule has 11 heteroatoms. The van der Waals surface area contributed by atoms with Gasteiger partial charge in [-0.1, -0.05) is 70.2 Å². The molecule has 0 radical (unpaired) electrons. The van der Waals surface area contributed by atoms with Crippen molar-refractivity contribution >= 4 is 57.6 Å². The molecule has 7 nitrogen and oxygen atoms in total. The number of carbonyl (C=O) groups is 2. The van der Waals surface area contributed by atoms with E-state index in [2.05, 4.69) is 112 Å². The van der Waals surface area contributed by atoms with Crippen molar-refractivity contribution in [1.29, 1.82) is 0 Å². The molecule has 4 rings (SSSR count). The summed E-state index contributed by atoms with van der Waals surface area (Å²) in [5.74, 6) is 3.99. The van der Waals surface area contributed by atoms with Crippen molar-refractivity contribution in [3.05, 3.63) is 120 Å². The van der Waals surface area contributed by atoms with Crippen LogP contribution in [0.5, 0.6) is 11.5 Å². The van der Waals surface area contributed by atoms with Crippen LogP contribution in [0, 0.1) is 0 Å². The van der Waals surface area contributed by atoms with Gasteiger partial charge in [-0.3, -0.25) is 9.59 Å². The van der Waals surface area contributed by atoms with Gasteiger partial charge in [0.05, 0.1) is 12.2 Å². The third kappa shape index (κ3) is 20.4. The Kier molecular flexibility index (Phi) is 24.0. The van der Waals surface area contributed by atoms with Gasteiger partial charge in [0.15, 0.2) is 24.8 Å². The highest BCUT2D eigenvalue weighted by Gasteiger charge is 2.08. The normalized spacial score (nSPS) is 11.1. The molecular weight excluding hydrogens is 782 g/mol. The minimum Gasteiger partial charge on any atom is -1.00 e. The molecule has 56 heavy (non-hydrogen) atoms. The predicted octanol–water partition coefficient (Wildman–Crippen LogP) is 3.29. The number of Topliss-reactive ketones (excluding diaryl/α,β-unsaturated/α-hetero) is 1.